The van der Waals surface area contributed by atoms with Gasteiger partial charge in [0.25, 0.3) is 0 Å². The second kappa shape index (κ2) is 5.40. The Morgan fingerprint density at radius 1 is 1.37 bits per heavy atom. The average Bonchev–Trinajstić information content (AvgIpc) is 2.80. The van der Waals surface area contributed by atoms with Crippen LogP contribution in [0.3, 0.4) is 0 Å². The molecule has 0 unspecified atom stereocenters. The molecule has 2 aromatic rings. The minimum absolute atomic E-state index is 0.275. The molecule has 2 N–H and O–H groups in total. The fourth-order valence-corrected chi connectivity index (χ4v) is 3.50. The molecule has 1 aliphatic heterocycles. The molecule has 0 spiro atoms. The first-order valence-corrected chi connectivity index (χ1v) is 7.50. The van der Waals surface area contributed by atoms with Crippen molar-refractivity contribution < 1.29 is 10.0 Å². The maximum absolute atomic E-state index is 8.99. The van der Waals surface area contributed by atoms with E-state index in [0.717, 1.165) is 43.4 Å². The van der Waals surface area contributed by atoms with Gasteiger partial charge in [-0.1, -0.05) is 0 Å². The minimum atomic E-state index is 0.275. The van der Waals surface area contributed by atoms with Crippen molar-refractivity contribution >= 4 is 27.4 Å². The Morgan fingerprint density at radius 2 is 2.16 bits per heavy atom. The van der Waals surface area contributed by atoms with Gasteiger partial charge in [-0.15, -0.1) is 11.3 Å². The van der Waals surface area contributed by atoms with Crippen molar-refractivity contribution in [1.82, 2.24) is 9.97 Å². The highest BCUT2D eigenvalue weighted by Crippen LogP contribution is 2.29. The van der Waals surface area contributed by atoms with Crippen LogP contribution in [0.5, 0.6) is 0 Å². The first-order valence-electron chi connectivity index (χ1n) is 6.68. The fraction of sp³-hybridized carbons (Fsp3) is 0.538. The number of nitrogens with one attached hydrogen (secondary N) is 1. The molecule has 2 aromatic heterocycles. The number of aliphatic hydroxyl groups is 1. The molecule has 0 atom stereocenters. The molecule has 5 nitrogen and oxygen atoms in total. The van der Waals surface area contributed by atoms with E-state index in [-0.39, 0.29) is 6.61 Å². The van der Waals surface area contributed by atoms with E-state index in [4.69, 9.17) is 5.11 Å². The highest BCUT2D eigenvalue weighted by atomic mass is 32.1. The summed E-state index contributed by atoms with van der Waals surface area (Å²) in [5.74, 6) is 1.07. The van der Waals surface area contributed by atoms with Gasteiger partial charge in [-0.25, -0.2) is 9.97 Å². The van der Waals surface area contributed by atoms with Crippen molar-refractivity contribution in [3.05, 3.63) is 17.3 Å². The van der Waals surface area contributed by atoms with E-state index in [1.165, 1.54) is 15.2 Å². The van der Waals surface area contributed by atoms with Crippen LogP contribution < -0.4 is 9.80 Å². The fourth-order valence-electron chi connectivity index (χ4n) is 2.66. The molecule has 3 rings (SSSR count). The summed E-state index contributed by atoms with van der Waals surface area (Å²) in [6, 6.07) is 2.18. The van der Waals surface area contributed by atoms with Crippen LogP contribution in [0.2, 0.25) is 0 Å². The summed E-state index contributed by atoms with van der Waals surface area (Å²) < 4.78 is 0. The van der Waals surface area contributed by atoms with E-state index in [0.29, 0.717) is 0 Å². The quantitative estimate of drug-likeness (QED) is 0.810. The summed E-state index contributed by atoms with van der Waals surface area (Å²) >= 11 is 1.72. The molecular formula is C13H19N4OS+. The topological polar surface area (TPSA) is 53.7 Å². The molecule has 0 aliphatic carbocycles. The van der Waals surface area contributed by atoms with Gasteiger partial charge in [-0.2, -0.15) is 0 Å². The normalized spacial score (nSPS) is 17.3. The Balaban J connectivity index is 1.81. The van der Waals surface area contributed by atoms with Gasteiger partial charge in [0.05, 0.1) is 38.2 Å². The van der Waals surface area contributed by atoms with E-state index in [2.05, 4.69) is 27.9 Å². The molecule has 102 valence electrons. The van der Waals surface area contributed by atoms with Crippen LogP contribution in [0.1, 0.15) is 4.88 Å². The van der Waals surface area contributed by atoms with Crippen molar-refractivity contribution in [1.29, 1.82) is 0 Å². The number of thiophene rings is 1. The number of anilines is 1. The molecule has 6 heteroatoms. The molecule has 3 heterocycles. The number of fused-ring (bicyclic) bond motifs is 1. The Labute approximate surface area is 116 Å². The number of rotatable bonds is 3. The molecule has 19 heavy (non-hydrogen) atoms. The Kier molecular flexibility index (Phi) is 3.63. The summed E-state index contributed by atoms with van der Waals surface area (Å²) in [5, 5.41) is 10.2. The first-order chi connectivity index (χ1) is 9.28. The molecule has 1 fully saturated rings. The zero-order chi connectivity index (χ0) is 13.2. The highest BCUT2D eigenvalue weighted by molar-refractivity contribution is 7.18. The highest BCUT2D eigenvalue weighted by Gasteiger charge is 2.22. The Bertz CT molecular complexity index is 563. The van der Waals surface area contributed by atoms with Crippen LogP contribution in [0.15, 0.2) is 12.4 Å². The van der Waals surface area contributed by atoms with E-state index in [9.17, 15) is 0 Å². The van der Waals surface area contributed by atoms with Gasteiger partial charge in [0.1, 0.15) is 23.5 Å². The van der Waals surface area contributed by atoms with Crippen molar-refractivity contribution in [3.63, 3.8) is 0 Å². The molecule has 0 saturated carbocycles. The molecule has 0 aromatic carbocycles. The lowest BCUT2D eigenvalue weighted by Gasteiger charge is -2.32. The van der Waals surface area contributed by atoms with Gasteiger partial charge in [-0.3, -0.25) is 0 Å². The molecular weight excluding hydrogens is 260 g/mol. The van der Waals surface area contributed by atoms with E-state index in [1.54, 1.807) is 17.7 Å². The third-order valence-corrected chi connectivity index (χ3v) is 4.63. The lowest BCUT2D eigenvalue weighted by Crippen LogP contribution is -3.15. The third kappa shape index (κ3) is 2.56. The summed E-state index contributed by atoms with van der Waals surface area (Å²) in [7, 11) is 0. The largest absolute Gasteiger partial charge is 0.391 e. The number of nitrogens with zero attached hydrogens (tertiary/aromatic N) is 3. The molecule has 1 aliphatic rings. The Morgan fingerprint density at radius 3 is 2.89 bits per heavy atom. The third-order valence-electron chi connectivity index (χ3n) is 3.67. The number of hydrogen-bond acceptors (Lipinski definition) is 5. The summed E-state index contributed by atoms with van der Waals surface area (Å²) in [5.41, 5.74) is 0. The number of aliphatic hydroxyl groups excluding tert-OH is 1. The molecule has 0 bridgehead atoms. The standard InChI is InChI=1S/C13H18N4OS/c1-10-8-11-12(14-9-15-13(11)19-10)17-4-2-16(3-5-17)6-7-18/h8-9,18H,2-7H2,1H3/p+1. The number of hydrogen-bond donors (Lipinski definition) is 2. The average molecular weight is 279 g/mol. The van der Waals surface area contributed by atoms with Crippen LogP contribution in [-0.4, -0.2) is 54.4 Å². The van der Waals surface area contributed by atoms with E-state index >= 15 is 0 Å². The zero-order valence-electron chi connectivity index (χ0n) is 11.1. The monoisotopic (exact) mass is 279 g/mol. The second-order valence-electron chi connectivity index (χ2n) is 4.98. The second-order valence-corrected chi connectivity index (χ2v) is 6.22. The minimum Gasteiger partial charge on any atom is -0.391 e. The number of aromatic nitrogens is 2. The van der Waals surface area contributed by atoms with Gasteiger partial charge in [-0.05, 0) is 13.0 Å². The first kappa shape index (κ1) is 12.8. The number of quaternary nitrogens is 1. The van der Waals surface area contributed by atoms with Crippen LogP contribution in [-0.2, 0) is 0 Å². The molecule has 1 saturated heterocycles. The lowest BCUT2D eigenvalue weighted by atomic mass is 10.2. The maximum Gasteiger partial charge on any atom is 0.141 e. The summed E-state index contributed by atoms with van der Waals surface area (Å²) in [6.07, 6.45) is 1.67. The summed E-state index contributed by atoms with van der Waals surface area (Å²) in [4.78, 5) is 15.0. The SMILES string of the molecule is Cc1cc2c(N3CC[NH+](CCO)CC3)ncnc2s1. The van der Waals surface area contributed by atoms with E-state index < -0.39 is 0 Å². The predicted molar refractivity (Wildman–Crippen MR) is 77.0 cm³/mol. The van der Waals surface area contributed by atoms with Crippen molar-refractivity contribution in [2.24, 2.45) is 0 Å². The molecule has 0 radical (unpaired) electrons. The van der Waals surface area contributed by atoms with Crippen LogP contribution in [0.4, 0.5) is 5.82 Å². The predicted octanol–water partition coefficient (Wildman–Crippen LogP) is -0.303. The van der Waals surface area contributed by atoms with Crippen LogP contribution in [0.25, 0.3) is 10.2 Å². The smallest absolute Gasteiger partial charge is 0.141 e. The van der Waals surface area contributed by atoms with Gasteiger partial charge < -0.3 is 14.9 Å². The van der Waals surface area contributed by atoms with Gasteiger partial charge >= 0.3 is 0 Å². The van der Waals surface area contributed by atoms with Crippen molar-refractivity contribution in [2.45, 2.75) is 6.92 Å². The Hall–Kier alpha value is -1.24. The van der Waals surface area contributed by atoms with Gasteiger partial charge in [0.2, 0.25) is 0 Å². The van der Waals surface area contributed by atoms with E-state index in [1.807, 2.05) is 0 Å². The summed E-state index contributed by atoms with van der Waals surface area (Å²) in [6.45, 7) is 7.36. The van der Waals surface area contributed by atoms with Gasteiger partial charge in [0, 0.05) is 4.88 Å². The van der Waals surface area contributed by atoms with Crippen LogP contribution >= 0.6 is 11.3 Å². The van der Waals surface area contributed by atoms with Crippen molar-refractivity contribution in [3.8, 4) is 0 Å². The number of piperazine rings is 1. The molecule has 0 amide bonds. The van der Waals surface area contributed by atoms with Gasteiger partial charge in [0.15, 0.2) is 0 Å². The van der Waals surface area contributed by atoms with Crippen LogP contribution in [0, 0.1) is 6.92 Å². The van der Waals surface area contributed by atoms with Crippen molar-refractivity contribution in [2.75, 3.05) is 44.2 Å². The number of aryl methyl sites for hydroxylation is 1. The maximum atomic E-state index is 8.99. The zero-order valence-corrected chi connectivity index (χ0v) is 11.9. The lowest BCUT2D eigenvalue weighted by molar-refractivity contribution is -0.900.